The highest BCUT2D eigenvalue weighted by Gasteiger charge is 2.20. The summed E-state index contributed by atoms with van der Waals surface area (Å²) in [5.74, 6) is 0.482. The summed E-state index contributed by atoms with van der Waals surface area (Å²) in [5, 5.41) is 4.73. The van der Waals surface area contributed by atoms with Crippen LogP contribution in [0.15, 0.2) is 4.52 Å². The third-order valence-corrected chi connectivity index (χ3v) is 3.18. The molecule has 2 aromatic rings. The highest BCUT2D eigenvalue weighted by Crippen LogP contribution is 2.32. The van der Waals surface area contributed by atoms with Crippen LogP contribution in [0.25, 0.3) is 11.1 Å². The van der Waals surface area contributed by atoms with E-state index in [4.69, 9.17) is 10.3 Å². The van der Waals surface area contributed by atoms with E-state index in [9.17, 15) is 0 Å². The Morgan fingerprint density at radius 2 is 1.93 bits per heavy atom. The fourth-order valence-corrected chi connectivity index (χ4v) is 2.45. The molecule has 15 heavy (non-hydrogen) atoms. The molecule has 3 rings (SSSR count). The fraction of sp³-hybridized carbons (Fsp3) is 0.455. The van der Waals surface area contributed by atoms with Crippen LogP contribution in [0, 0.1) is 6.92 Å². The largest absolute Gasteiger partial charge is 0.380 e. The van der Waals surface area contributed by atoms with Gasteiger partial charge in [-0.2, -0.15) is 0 Å². The molecule has 0 bridgehead atoms. The van der Waals surface area contributed by atoms with Crippen molar-refractivity contribution < 1.29 is 4.52 Å². The third-order valence-electron chi connectivity index (χ3n) is 3.18. The van der Waals surface area contributed by atoms with Crippen molar-refractivity contribution >= 4 is 16.9 Å². The van der Waals surface area contributed by atoms with Gasteiger partial charge in [0.05, 0.1) is 5.39 Å². The molecule has 1 aliphatic carbocycles. The normalized spacial score (nSPS) is 15.5. The van der Waals surface area contributed by atoms with Crippen LogP contribution in [0.2, 0.25) is 0 Å². The molecular formula is C11H13N3O. The van der Waals surface area contributed by atoms with Crippen LogP contribution in [-0.2, 0) is 12.8 Å². The molecule has 4 heteroatoms. The maximum atomic E-state index is 5.81. The van der Waals surface area contributed by atoms with Crippen molar-refractivity contribution in [2.75, 3.05) is 5.73 Å². The minimum absolute atomic E-state index is 0.482. The van der Waals surface area contributed by atoms with Crippen molar-refractivity contribution in [3.05, 3.63) is 16.8 Å². The molecule has 4 nitrogen and oxygen atoms in total. The molecule has 0 radical (unpaired) electrons. The van der Waals surface area contributed by atoms with Crippen molar-refractivity contribution in [2.45, 2.75) is 32.6 Å². The molecule has 0 spiro atoms. The first-order chi connectivity index (χ1) is 7.27. The zero-order chi connectivity index (χ0) is 10.4. The van der Waals surface area contributed by atoms with Gasteiger partial charge in [0.2, 0.25) is 0 Å². The monoisotopic (exact) mass is 203 g/mol. The summed E-state index contributed by atoms with van der Waals surface area (Å²) in [7, 11) is 0. The maximum absolute atomic E-state index is 5.81. The topological polar surface area (TPSA) is 64.9 Å². The fourth-order valence-electron chi connectivity index (χ4n) is 2.45. The highest BCUT2D eigenvalue weighted by molar-refractivity contribution is 5.89. The summed E-state index contributed by atoms with van der Waals surface area (Å²) < 4.78 is 5.11. The number of nitrogen functional groups attached to an aromatic ring is 1. The predicted molar refractivity (Wildman–Crippen MR) is 57.6 cm³/mol. The van der Waals surface area contributed by atoms with Gasteiger partial charge in [-0.05, 0) is 43.7 Å². The van der Waals surface area contributed by atoms with Crippen LogP contribution < -0.4 is 5.73 Å². The summed E-state index contributed by atoms with van der Waals surface area (Å²) >= 11 is 0. The lowest BCUT2D eigenvalue weighted by Crippen LogP contribution is -2.07. The number of rotatable bonds is 0. The number of fused-ring (bicyclic) bond motifs is 3. The second-order valence-electron chi connectivity index (χ2n) is 4.11. The molecule has 0 aromatic carbocycles. The Labute approximate surface area is 87.5 Å². The van der Waals surface area contributed by atoms with Gasteiger partial charge in [0, 0.05) is 5.69 Å². The van der Waals surface area contributed by atoms with Crippen LogP contribution in [-0.4, -0.2) is 10.1 Å². The lowest BCUT2D eigenvalue weighted by molar-refractivity contribution is 0.451. The van der Waals surface area contributed by atoms with Crippen molar-refractivity contribution in [2.24, 2.45) is 0 Å². The molecule has 0 unspecified atom stereocenters. The van der Waals surface area contributed by atoms with Crippen molar-refractivity contribution in [3.63, 3.8) is 0 Å². The molecule has 0 amide bonds. The number of aromatic nitrogens is 2. The molecule has 0 atom stereocenters. The first-order valence-corrected chi connectivity index (χ1v) is 5.30. The van der Waals surface area contributed by atoms with E-state index in [0.717, 1.165) is 23.9 Å². The van der Waals surface area contributed by atoms with Gasteiger partial charge in [-0.25, -0.2) is 4.98 Å². The van der Waals surface area contributed by atoms with Gasteiger partial charge in [-0.3, -0.25) is 0 Å². The van der Waals surface area contributed by atoms with Gasteiger partial charge in [0.15, 0.2) is 5.82 Å². The van der Waals surface area contributed by atoms with E-state index in [2.05, 4.69) is 10.1 Å². The molecule has 2 aromatic heterocycles. The quantitative estimate of drug-likeness (QED) is 0.711. The molecular weight excluding hydrogens is 190 g/mol. The predicted octanol–water partition coefficient (Wildman–Crippen LogP) is 1.99. The Balaban J connectivity index is 2.42. The molecule has 78 valence electrons. The van der Waals surface area contributed by atoms with Crippen LogP contribution in [0.5, 0.6) is 0 Å². The van der Waals surface area contributed by atoms with Crippen molar-refractivity contribution in [3.8, 4) is 0 Å². The van der Waals surface area contributed by atoms with Gasteiger partial charge in [0.1, 0.15) is 0 Å². The minimum Gasteiger partial charge on any atom is -0.380 e. The van der Waals surface area contributed by atoms with E-state index in [1.807, 2.05) is 6.92 Å². The Morgan fingerprint density at radius 3 is 2.73 bits per heavy atom. The third kappa shape index (κ3) is 1.14. The lowest BCUT2D eigenvalue weighted by atomic mass is 9.89. The molecule has 2 N–H and O–H groups in total. The standard InChI is InChI=1S/C11H13N3O/c1-6-7-4-2-3-5-8(7)9-10(12)14-15-11(9)13-6/h2-5H2,1H3,(H2,12,14). The first kappa shape index (κ1) is 8.71. The summed E-state index contributed by atoms with van der Waals surface area (Å²) in [6, 6.07) is 0. The Morgan fingerprint density at radius 1 is 1.20 bits per heavy atom. The maximum Gasteiger partial charge on any atom is 0.260 e. The van der Waals surface area contributed by atoms with Crippen LogP contribution in [0.1, 0.15) is 29.7 Å². The van der Waals surface area contributed by atoms with E-state index in [1.165, 1.54) is 24.0 Å². The molecule has 0 saturated heterocycles. The van der Waals surface area contributed by atoms with Gasteiger partial charge in [-0.1, -0.05) is 5.16 Å². The van der Waals surface area contributed by atoms with Crippen LogP contribution in [0.3, 0.4) is 0 Å². The molecule has 0 aliphatic heterocycles. The number of nitrogens with zero attached hydrogens (tertiary/aromatic N) is 2. The number of nitrogens with two attached hydrogens (primary N) is 1. The minimum atomic E-state index is 0.482. The molecule has 0 saturated carbocycles. The van der Waals surface area contributed by atoms with Gasteiger partial charge >= 0.3 is 0 Å². The molecule has 0 fully saturated rings. The Hall–Kier alpha value is -1.58. The first-order valence-electron chi connectivity index (χ1n) is 5.30. The number of hydrogen-bond donors (Lipinski definition) is 1. The number of hydrogen-bond acceptors (Lipinski definition) is 4. The summed E-state index contributed by atoms with van der Waals surface area (Å²) in [4.78, 5) is 4.40. The van der Waals surface area contributed by atoms with Gasteiger partial charge in [0.25, 0.3) is 5.71 Å². The van der Waals surface area contributed by atoms with Gasteiger partial charge < -0.3 is 10.3 Å². The summed E-state index contributed by atoms with van der Waals surface area (Å²) in [6.07, 6.45) is 4.64. The lowest BCUT2D eigenvalue weighted by Gasteiger charge is -2.17. The van der Waals surface area contributed by atoms with E-state index >= 15 is 0 Å². The number of aryl methyl sites for hydroxylation is 2. The molecule has 2 heterocycles. The highest BCUT2D eigenvalue weighted by atomic mass is 16.5. The zero-order valence-electron chi connectivity index (χ0n) is 8.71. The van der Waals surface area contributed by atoms with E-state index in [-0.39, 0.29) is 0 Å². The summed E-state index contributed by atoms with van der Waals surface area (Å²) in [5.41, 5.74) is 10.1. The average Bonchev–Trinajstić information content (AvgIpc) is 2.61. The smallest absolute Gasteiger partial charge is 0.260 e. The Bertz CT molecular complexity index is 530. The van der Waals surface area contributed by atoms with Crippen molar-refractivity contribution in [1.29, 1.82) is 0 Å². The Kier molecular flexibility index (Phi) is 1.71. The number of anilines is 1. The number of pyridine rings is 1. The second-order valence-corrected chi connectivity index (χ2v) is 4.11. The second kappa shape index (κ2) is 2.95. The van der Waals surface area contributed by atoms with Gasteiger partial charge in [-0.15, -0.1) is 0 Å². The van der Waals surface area contributed by atoms with E-state index < -0.39 is 0 Å². The average molecular weight is 203 g/mol. The van der Waals surface area contributed by atoms with E-state index in [1.54, 1.807) is 0 Å². The SMILES string of the molecule is Cc1nc2onc(N)c2c2c1CCCC2. The van der Waals surface area contributed by atoms with Crippen molar-refractivity contribution in [1.82, 2.24) is 10.1 Å². The molecule has 1 aliphatic rings. The van der Waals surface area contributed by atoms with Crippen LogP contribution >= 0.6 is 0 Å². The zero-order valence-corrected chi connectivity index (χ0v) is 8.71. The summed E-state index contributed by atoms with van der Waals surface area (Å²) in [6.45, 7) is 2.03. The van der Waals surface area contributed by atoms with Crippen LogP contribution in [0.4, 0.5) is 5.82 Å². The van der Waals surface area contributed by atoms with E-state index in [0.29, 0.717) is 11.5 Å².